The van der Waals surface area contributed by atoms with Crippen LogP contribution in [-0.4, -0.2) is 23.7 Å². The van der Waals surface area contributed by atoms with E-state index in [1.807, 2.05) is 0 Å². The molecule has 3 N–H and O–H groups in total. The fraction of sp³-hybridized carbons (Fsp3) is 0.562. The van der Waals surface area contributed by atoms with E-state index >= 15 is 0 Å². The molecule has 0 aliphatic heterocycles. The van der Waals surface area contributed by atoms with Gasteiger partial charge in [0, 0.05) is 17.2 Å². The molecule has 1 aliphatic carbocycles. The SMILES string of the molecule is Cc1ccc(SCCNC(=O)C2(N)CCCCC2)cc1. The van der Waals surface area contributed by atoms with Crippen LogP contribution in [0.4, 0.5) is 0 Å². The van der Waals surface area contributed by atoms with Crippen molar-refractivity contribution in [2.75, 3.05) is 12.3 Å². The number of hydrogen-bond donors (Lipinski definition) is 2. The van der Waals surface area contributed by atoms with Crippen molar-refractivity contribution in [1.82, 2.24) is 5.32 Å². The van der Waals surface area contributed by atoms with Gasteiger partial charge in [0.25, 0.3) is 0 Å². The predicted molar refractivity (Wildman–Crippen MR) is 84.9 cm³/mol. The number of aryl methyl sites for hydroxylation is 1. The van der Waals surface area contributed by atoms with Gasteiger partial charge < -0.3 is 11.1 Å². The van der Waals surface area contributed by atoms with Crippen LogP contribution in [0, 0.1) is 6.92 Å². The zero-order valence-electron chi connectivity index (χ0n) is 12.2. The molecule has 1 amide bonds. The van der Waals surface area contributed by atoms with E-state index < -0.39 is 5.54 Å². The van der Waals surface area contributed by atoms with Crippen molar-refractivity contribution in [3.8, 4) is 0 Å². The van der Waals surface area contributed by atoms with E-state index in [1.54, 1.807) is 11.8 Å². The lowest BCUT2D eigenvalue weighted by atomic mass is 9.82. The Balaban J connectivity index is 1.70. The molecule has 0 spiro atoms. The average Bonchev–Trinajstić information content (AvgIpc) is 2.46. The summed E-state index contributed by atoms with van der Waals surface area (Å²) in [4.78, 5) is 13.4. The molecule has 1 aromatic rings. The number of rotatable bonds is 5. The van der Waals surface area contributed by atoms with Crippen LogP contribution in [0.25, 0.3) is 0 Å². The van der Waals surface area contributed by atoms with Gasteiger partial charge in [0.1, 0.15) is 0 Å². The van der Waals surface area contributed by atoms with Gasteiger partial charge in [0.05, 0.1) is 5.54 Å². The summed E-state index contributed by atoms with van der Waals surface area (Å²) >= 11 is 1.76. The van der Waals surface area contributed by atoms with Gasteiger partial charge in [0.15, 0.2) is 0 Å². The van der Waals surface area contributed by atoms with Crippen LogP contribution in [-0.2, 0) is 4.79 Å². The van der Waals surface area contributed by atoms with Gasteiger partial charge >= 0.3 is 0 Å². The molecule has 0 heterocycles. The van der Waals surface area contributed by atoms with Crippen LogP contribution >= 0.6 is 11.8 Å². The highest BCUT2D eigenvalue weighted by Gasteiger charge is 2.34. The molecule has 0 atom stereocenters. The summed E-state index contributed by atoms with van der Waals surface area (Å²) < 4.78 is 0. The summed E-state index contributed by atoms with van der Waals surface area (Å²) in [5.41, 5.74) is 6.84. The van der Waals surface area contributed by atoms with Crippen LogP contribution in [0.15, 0.2) is 29.2 Å². The summed E-state index contributed by atoms with van der Waals surface area (Å²) in [6, 6.07) is 8.45. The maximum Gasteiger partial charge on any atom is 0.240 e. The number of benzene rings is 1. The lowest BCUT2D eigenvalue weighted by molar-refractivity contribution is -0.127. The van der Waals surface area contributed by atoms with Crippen LogP contribution in [0.2, 0.25) is 0 Å². The molecule has 0 saturated heterocycles. The van der Waals surface area contributed by atoms with E-state index in [0.29, 0.717) is 6.54 Å². The van der Waals surface area contributed by atoms with Crippen molar-refractivity contribution >= 4 is 17.7 Å². The topological polar surface area (TPSA) is 55.1 Å². The third-order valence-electron chi connectivity index (χ3n) is 3.88. The first-order valence-electron chi connectivity index (χ1n) is 7.37. The molecule has 0 aromatic heterocycles. The van der Waals surface area contributed by atoms with Gasteiger partial charge in [-0.15, -0.1) is 11.8 Å². The molecule has 1 saturated carbocycles. The largest absolute Gasteiger partial charge is 0.354 e. The molecule has 1 aliphatic rings. The highest BCUT2D eigenvalue weighted by molar-refractivity contribution is 7.99. The third kappa shape index (κ3) is 4.25. The average molecular weight is 292 g/mol. The minimum Gasteiger partial charge on any atom is -0.354 e. The van der Waals surface area contributed by atoms with Crippen LogP contribution < -0.4 is 11.1 Å². The molecule has 2 rings (SSSR count). The van der Waals surface area contributed by atoms with Gasteiger partial charge in [-0.2, -0.15) is 0 Å². The molecule has 20 heavy (non-hydrogen) atoms. The van der Waals surface area contributed by atoms with Gasteiger partial charge in [-0.3, -0.25) is 4.79 Å². The minimum atomic E-state index is -0.618. The Morgan fingerprint density at radius 1 is 1.25 bits per heavy atom. The Morgan fingerprint density at radius 2 is 1.90 bits per heavy atom. The van der Waals surface area contributed by atoms with E-state index in [0.717, 1.165) is 31.4 Å². The second-order valence-electron chi connectivity index (χ2n) is 5.63. The summed E-state index contributed by atoms with van der Waals surface area (Å²) in [6.07, 6.45) is 4.99. The molecule has 0 bridgehead atoms. The molecule has 3 nitrogen and oxygen atoms in total. The molecule has 110 valence electrons. The Hall–Kier alpha value is -1.00. The highest BCUT2D eigenvalue weighted by atomic mass is 32.2. The van der Waals surface area contributed by atoms with Crippen molar-refractivity contribution in [3.63, 3.8) is 0 Å². The van der Waals surface area contributed by atoms with Crippen molar-refractivity contribution in [2.24, 2.45) is 5.73 Å². The van der Waals surface area contributed by atoms with Crippen molar-refractivity contribution in [1.29, 1.82) is 0 Å². The van der Waals surface area contributed by atoms with Crippen molar-refractivity contribution < 1.29 is 4.79 Å². The summed E-state index contributed by atoms with van der Waals surface area (Å²) in [5.74, 6) is 0.909. The second kappa shape index (κ2) is 7.14. The predicted octanol–water partition coefficient (Wildman–Crippen LogP) is 2.86. The number of amides is 1. The van der Waals surface area contributed by atoms with E-state index in [9.17, 15) is 4.79 Å². The van der Waals surface area contributed by atoms with Gasteiger partial charge in [-0.25, -0.2) is 0 Å². The standard InChI is InChI=1S/C16H24N2OS/c1-13-5-7-14(8-6-13)20-12-11-18-15(19)16(17)9-3-2-4-10-16/h5-8H,2-4,9-12,17H2,1H3,(H,18,19). The fourth-order valence-corrected chi connectivity index (χ4v) is 3.32. The number of thioether (sulfide) groups is 1. The lowest BCUT2D eigenvalue weighted by Crippen LogP contribution is -2.55. The van der Waals surface area contributed by atoms with E-state index in [-0.39, 0.29) is 5.91 Å². The quantitative estimate of drug-likeness (QED) is 0.648. The summed E-state index contributed by atoms with van der Waals surface area (Å²) in [5, 5.41) is 2.99. The van der Waals surface area contributed by atoms with Crippen molar-refractivity contribution in [3.05, 3.63) is 29.8 Å². The van der Waals surface area contributed by atoms with E-state index in [2.05, 4.69) is 36.5 Å². The van der Waals surface area contributed by atoms with Crippen LogP contribution in [0.1, 0.15) is 37.7 Å². The number of nitrogens with one attached hydrogen (secondary N) is 1. The normalized spacial score (nSPS) is 17.7. The highest BCUT2D eigenvalue weighted by Crippen LogP contribution is 2.26. The molecular formula is C16H24N2OS. The molecule has 0 unspecified atom stereocenters. The molecule has 4 heteroatoms. The monoisotopic (exact) mass is 292 g/mol. The minimum absolute atomic E-state index is 0.0294. The van der Waals surface area contributed by atoms with Gasteiger partial charge in [-0.1, -0.05) is 37.0 Å². The lowest BCUT2D eigenvalue weighted by Gasteiger charge is -2.31. The first kappa shape index (κ1) is 15.4. The van der Waals surface area contributed by atoms with Gasteiger partial charge in [-0.05, 0) is 31.9 Å². The molecule has 1 fully saturated rings. The maximum atomic E-state index is 12.1. The number of hydrogen-bond acceptors (Lipinski definition) is 3. The summed E-state index contributed by atoms with van der Waals surface area (Å²) in [7, 11) is 0. The Labute approximate surface area is 125 Å². The number of carbonyl (C=O) groups is 1. The number of carbonyl (C=O) groups excluding carboxylic acids is 1. The third-order valence-corrected chi connectivity index (χ3v) is 4.89. The van der Waals surface area contributed by atoms with E-state index in [4.69, 9.17) is 5.73 Å². The van der Waals surface area contributed by atoms with Crippen molar-refractivity contribution in [2.45, 2.75) is 49.5 Å². The molecule has 0 radical (unpaired) electrons. The zero-order valence-corrected chi connectivity index (χ0v) is 13.0. The van der Waals surface area contributed by atoms with Gasteiger partial charge in [0.2, 0.25) is 5.91 Å². The van der Waals surface area contributed by atoms with Crippen LogP contribution in [0.3, 0.4) is 0 Å². The summed E-state index contributed by atoms with van der Waals surface area (Å²) in [6.45, 7) is 2.76. The Bertz CT molecular complexity index is 438. The molecule has 1 aromatic carbocycles. The first-order valence-corrected chi connectivity index (χ1v) is 8.35. The first-order chi connectivity index (χ1) is 9.60. The maximum absolute atomic E-state index is 12.1. The Kier molecular flexibility index (Phi) is 5.49. The Morgan fingerprint density at radius 3 is 2.55 bits per heavy atom. The fourth-order valence-electron chi connectivity index (χ4n) is 2.55. The van der Waals surface area contributed by atoms with E-state index in [1.165, 1.54) is 16.9 Å². The smallest absolute Gasteiger partial charge is 0.240 e. The second-order valence-corrected chi connectivity index (χ2v) is 6.80. The molecular weight excluding hydrogens is 268 g/mol. The van der Waals surface area contributed by atoms with Crippen LogP contribution in [0.5, 0.6) is 0 Å². The zero-order chi connectivity index (χ0) is 14.4. The number of nitrogens with two attached hydrogens (primary N) is 1.